The van der Waals surface area contributed by atoms with Crippen molar-refractivity contribution in [1.82, 2.24) is 5.32 Å². The maximum atomic E-state index is 13.4. The molecule has 0 aromatic heterocycles. The molecule has 1 aliphatic heterocycles. The molecule has 1 heterocycles. The van der Waals surface area contributed by atoms with Gasteiger partial charge in [0, 0.05) is 12.5 Å². The van der Waals surface area contributed by atoms with Crippen LogP contribution in [0.25, 0.3) is 0 Å². The second-order valence-corrected chi connectivity index (χ2v) is 4.12. The Morgan fingerprint density at radius 1 is 1.40 bits per heavy atom. The molecule has 1 fully saturated rings. The minimum atomic E-state index is -0.300. The van der Waals surface area contributed by atoms with Crippen LogP contribution in [-0.4, -0.2) is 24.3 Å². The summed E-state index contributed by atoms with van der Waals surface area (Å²) in [6.45, 7) is 1.63. The fourth-order valence-electron chi connectivity index (χ4n) is 2.06. The van der Waals surface area contributed by atoms with Gasteiger partial charge in [0.05, 0.1) is 6.10 Å². The first-order valence-electron chi connectivity index (χ1n) is 5.39. The monoisotopic (exact) mass is 209 g/mol. The topological polar surface area (TPSA) is 32.3 Å². The van der Waals surface area contributed by atoms with E-state index in [0.29, 0.717) is 12.0 Å². The van der Waals surface area contributed by atoms with Crippen LogP contribution in [0.4, 0.5) is 4.39 Å². The largest absolute Gasteiger partial charge is 0.393 e. The predicted octanol–water partition coefficient (Wildman–Crippen LogP) is 1.34. The molecular formula is C12H16FNO. The maximum absolute atomic E-state index is 13.4. The molecule has 1 saturated heterocycles. The Morgan fingerprint density at radius 2 is 2.20 bits per heavy atom. The van der Waals surface area contributed by atoms with E-state index in [2.05, 4.69) is 5.32 Å². The second kappa shape index (κ2) is 4.73. The third kappa shape index (κ3) is 2.55. The Bertz CT molecular complexity index is 329. The van der Waals surface area contributed by atoms with Crippen molar-refractivity contribution in [2.75, 3.05) is 13.1 Å². The third-order valence-corrected chi connectivity index (χ3v) is 3.01. The highest BCUT2D eigenvalue weighted by atomic mass is 19.1. The number of hydrogen-bond donors (Lipinski definition) is 2. The molecule has 0 amide bonds. The van der Waals surface area contributed by atoms with Crippen LogP contribution >= 0.6 is 0 Å². The Morgan fingerprint density at radius 3 is 2.93 bits per heavy atom. The average molecular weight is 209 g/mol. The van der Waals surface area contributed by atoms with Crippen LogP contribution in [0, 0.1) is 11.7 Å². The molecule has 0 unspecified atom stereocenters. The van der Waals surface area contributed by atoms with Crippen LogP contribution in [0.2, 0.25) is 0 Å². The number of rotatable bonds is 2. The van der Waals surface area contributed by atoms with E-state index in [0.717, 1.165) is 19.5 Å². The van der Waals surface area contributed by atoms with Gasteiger partial charge in [0.25, 0.3) is 0 Å². The molecule has 3 heteroatoms. The van der Waals surface area contributed by atoms with E-state index < -0.39 is 0 Å². The van der Waals surface area contributed by atoms with Gasteiger partial charge in [-0.05, 0) is 31.0 Å². The number of aliphatic hydroxyl groups is 1. The molecule has 0 spiro atoms. The zero-order valence-corrected chi connectivity index (χ0v) is 8.62. The van der Waals surface area contributed by atoms with Crippen molar-refractivity contribution in [2.45, 2.75) is 18.9 Å². The molecule has 1 aliphatic rings. The van der Waals surface area contributed by atoms with Crippen molar-refractivity contribution < 1.29 is 9.50 Å². The number of halogens is 1. The molecule has 0 aliphatic carbocycles. The average Bonchev–Trinajstić information content (AvgIpc) is 2.24. The standard InChI is InChI=1S/C12H16FNO/c13-11-4-2-1-3-9(11)7-10-8-14-6-5-12(10)15/h1-4,10,12,14-15H,5-8H2/t10-,12-/m1/s1. The molecule has 0 saturated carbocycles. The summed E-state index contributed by atoms with van der Waals surface area (Å²) in [4.78, 5) is 0. The summed E-state index contributed by atoms with van der Waals surface area (Å²) in [6.07, 6.45) is 1.07. The van der Waals surface area contributed by atoms with E-state index in [4.69, 9.17) is 0 Å². The second-order valence-electron chi connectivity index (χ2n) is 4.12. The van der Waals surface area contributed by atoms with Crippen LogP contribution in [0.5, 0.6) is 0 Å². The SMILES string of the molecule is O[C@@H]1CCNC[C@H]1Cc1ccccc1F. The summed E-state index contributed by atoms with van der Waals surface area (Å²) in [5, 5.41) is 13.0. The van der Waals surface area contributed by atoms with Gasteiger partial charge in [0.1, 0.15) is 5.82 Å². The Labute approximate surface area is 89.1 Å². The Balaban J connectivity index is 2.04. The first-order chi connectivity index (χ1) is 7.27. The van der Waals surface area contributed by atoms with Gasteiger partial charge in [0.15, 0.2) is 0 Å². The molecule has 1 aromatic carbocycles. The fourth-order valence-corrected chi connectivity index (χ4v) is 2.06. The van der Waals surface area contributed by atoms with Crippen molar-refractivity contribution in [2.24, 2.45) is 5.92 Å². The molecule has 2 atom stereocenters. The van der Waals surface area contributed by atoms with Crippen LogP contribution in [0.1, 0.15) is 12.0 Å². The predicted molar refractivity (Wildman–Crippen MR) is 57.1 cm³/mol. The van der Waals surface area contributed by atoms with E-state index in [1.54, 1.807) is 12.1 Å². The number of benzene rings is 1. The number of nitrogens with one attached hydrogen (secondary N) is 1. The summed E-state index contributed by atoms with van der Waals surface area (Å²) >= 11 is 0. The zero-order valence-electron chi connectivity index (χ0n) is 8.62. The highest BCUT2D eigenvalue weighted by Gasteiger charge is 2.23. The molecule has 2 N–H and O–H groups in total. The van der Waals surface area contributed by atoms with Crippen LogP contribution in [0.15, 0.2) is 24.3 Å². The number of hydrogen-bond acceptors (Lipinski definition) is 2. The summed E-state index contributed by atoms with van der Waals surface area (Å²) in [5.74, 6) is -0.0362. The number of piperidine rings is 1. The zero-order chi connectivity index (χ0) is 10.7. The molecule has 82 valence electrons. The lowest BCUT2D eigenvalue weighted by Crippen LogP contribution is -2.40. The van der Waals surface area contributed by atoms with Gasteiger partial charge < -0.3 is 10.4 Å². The normalized spacial score (nSPS) is 26.5. The lowest BCUT2D eigenvalue weighted by Gasteiger charge is -2.28. The van der Waals surface area contributed by atoms with Crippen molar-refractivity contribution in [1.29, 1.82) is 0 Å². The Kier molecular flexibility index (Phi) is 3.34. The van der Waals surface area contributed by atoms with Gasteiger partial charge in [-0.25, -0.2) is 4.39 Å². The van der Waals surface area contributed by atoms with Crippen molar-refractivity contribution >= 4 is 0 Å². The summed E-state index contributed by atoms with van der Waals surface area (Å²) < 4.78 is 13.4. The molecule has 2 nitrogen and oxygen atoms in total. The van der Waals surface area contributed by atoms with Crippen LogP contribution in [-0.2, 0) is 6.42 Å². The van der Waals surface area contributed by atoms with Crippen LogP contribution in [0.3, 0.4) is 0 Å². The van der Waals surface area contributed by atoms with E-state index in [1.807, 2.05) is 6.07 Å². The lowest BCUT2D eigenvalue weighted by molar-refractivity contribution is 0.0787. The van der Waals surface area contributed by atoms with Crippen molar-refractivity contribution in [3.05, 3.63) is 35.6 Å². The van der Waals surface area contributed by atoms with E-state index in [-0.39, 0.29) is 17.8 Å². The molecule has 0 radical (unpaired) electrons. The highest BCUT2D eigenvalue weighted by molar-refractivity contribution is 5.18. The lowest BCUT2D eigenvalue weighted by atomic mass is 9.89. The van der Waals surface area contributed by atoms with Gasteiger partial charge >= 0.3 is 0 Å². The summed E-state index contributed by atoms with van der Waals surface area (Å²) in [6, 6.07) is 6.78. The molecule has 2 rings (SSSR count). The van der Waals surface area contributed by atoms with Gasteiger partial charge in [-0.2, -0.15) is 0 Å². The summed E-state index contributed by atoms with van der Waals surface area (Å²) in [7, 11) is 0. The first kappa shape index (κ1) is 10.6. The van der Waals surface area contributed by atoms with Gasteiger partial charge in [0.2, 0.25) is 0 Å². The third-order valence-electron chi connectivity index (χ3n) is 3.01. The Hall–Kier alpha value is -0.930. The molecule has 0 bridgehead atoms. The van der Waals surface area contributed by atoms with Gasteiger partial charge in [-0.3, -0.25) is 0 Å². The highest BCUT2D eigenvalue weighted by Crippen LogP contribution is 2.18. The van der Waals surface area contributed by atoms with E-state index in [9.17, 15) is 9.50 Å². The van der Waals surface area contributed by atoms with Gasteiger partial charge in [-0.15, -0.1) is 0 Å². The quantitative estimate of drug-likeness (QED) is 0.770. The molecule has 15 heavy (non-hydrogen) atoms. The van der Waals surface area contributed by atoms with Gasteiger partial charge in [-0.1, -0.05) is 18.2 Å². The molecular weight excluding hydrogens is 193 g/mol. The van der Waals surface area contributed by atoms with Crippen molar-refractivity contribution in [3.8, 4) is 0 Å². The summed E-state index contributed by atoms with van der Waals surface area (Å²) in [5.41, 5.74) is 0.699. The minimum absolute atomic E-state index is 0.135. The van der Waals surface area contributed by atoms with Crippen LogP contribution < -0.4 is 5.32 Å². The van der Waals surface area contributed by atoms with E-state index >= 15 is 0 Å². The smallest absolute Gasteiger partial charge is 0.126 e. The van der Waals surface area contributed by atoms with Crippen molar-refractivity contribution in [3.63, 3.8) is 0 Å². The number of aliphatic hydroxyl groups excluding tert-OH is 1. The minimum Gasteiger partial charge on any atom is -0.393 e. The maximum Gasteiger partial charge on any atom is 0.126 e. The first-order valence-corrected chi connectivity index (χ1v) is 5.39. The molecule has 1 aromatic rings. The fraction of sp³-hybridized carbons (Fsp3) is 0.500. The van der Waals surface area contributed by atoms with E-state index in [1.165, 1.54) is 6.07 Å².